The van der Waals surface area contributed by atoms with Crippen molar-refractivity contribution in [3.63, 3.8) is 0 Å². The summed E-state index contributed by atoms with van der Waals surface area (Å²) in [5.41, 5.74) is 18.5. The summed E-state index contributed by atoms with van der Waals surface area (Å²) in [6, 6.07) is 2.44. The number of rotatable bonds is 17. The molecule has 12 N–H and O–H groups in total. The molecule has 0 radical (unpaired) electrons. The molecule has 3 aromatic rings. The normalized spacial score (nSPS) is 14.0. The zero-order valence-electron chi connectivity index (χ0n) is 23.0. The number of carbonyl (C=O) groups excluding carboxylic acids is 4. The van der Waals surface area contributed by atoms with E-state index in [9.17, 15) is 29.1 Å². The van der Waals surface area contributed by atoms with Gasteiger partial charge in [-0.2, -0.15) is 0 Å². The first-order chi connectivity index (χ1) is 20.1. The number of unbranched alkanes of at least 4 members (excludes halogenated alkanes) is 1. The van der Waals surface area contributed by atoms with E-state index in [-0.39, 0.29) is 19.3 Å². The van der Waals surface area contributed by atoms with Crippen molar-refractivity contribution in [2.24, 2.45) is 17.2 Å². The molecule has 0 saturated carbocycles. The Hall–Kier alpha value is -4.76. The van der Waals surface area contributed by atoms with Crippen LogP contribution in [-0.4, -0.2) is 80.4 Å². The lowest BCUT2D eigenvalue weighted by atomic mass is 10.0. The Kier molecular flexibility index (Phi) is 11.6. The minimum Gasteiger partial charge on any atom is -0.480 e. The van der Waals surface area contributed by atoms with Crippen molar-refractivity contribution in [3.8, 4) is 0 Å². The van der Waals surface area contributed by atoms with Gasteiger partial charge in [-0.3, -0.25) is 19.2 Å². The topological polar surface area (TPSA) is 264 Å². The van der Waals surface area contributed by atoms with E-state index in [1.54, 1.807) is 6.20 Å². The van der Waals surface area contributed by atoms with Crippen molar-refractivity contribution in [1.82, 2.24) is 30.9 Å². The van der Waals surface area contributed by atoms with Gasteiger partial charge in [0.15, 0.2) is 0 Å². The van der Waals surface area contributed by atoms with Crippen molar-refractivity contribution in [2.45, 2.75) is 62.7 Å². The molecule has 226 valence electrons. The van der Waals surface area contributed by atoms with Crippen LogP contribution in [0.25, 0.3) is 10.9 Å². The molecule has 0 bridgehead atoms. The van der Waals surface area contributed by atoms with E-state index >= 15 is 0 Å². The van der Waals surface area contributed by atoms with E-state index in [1.807, 2.05) is 24.3 Å². The lowest BCUT2D eigenvalue weighted by Gasteiger charge is -2.25. The van der Waals surface area contributed by atoms with Gasteiger partial charge >= 0.3 is 5.97 Å². The van der Waals surface area contributed by atoms with E-state index < -0.39 is 60.2 Å². The molecule has 0 spiro atoms. The van der Waals surface area contributed by atoms with Gasteiger partial charge in [0.25, 0.3) is 0 Å². The fourth-order valence-corrected chi connectivity index (χ4v) is 4.44. The molecule has 3 rings (SSSR count). The summed E-state index contributed by atoms with van der Waals surface area (Å²) >= 11 is 0. The molecule has 0 saturated heterocycles. The Balaban J connectivity index is 1.85. The van der Waals surface area contributed by atoms with Gasteiger partial charge in [-0.1, -0.05) is 18.2 Å². The van der Waals surface area contributed by atoms with E-state index in [0.717, 1.165) is 10.9 Å². The summed E-state index contributed by atoms with van der Waals surface area (Å²) in [6.07, 6.45) is 5.33. The summed E-state index contributed by atoms with van der Waals surface area (Å²) in [7, 11) is 0. The maximum atomic E-state index is 13.7. The predicted octanol–water partition coefficient (Wildman–Crippen LogP) is -1.45. The first-order valence-electron chi connectivity index (χ1n) is 13.5. The molecular weight excluding hydrogens is 546 g/mol. The van der Waals surface area contributed by atoms with Gasteiger partial charge in [-0.25, -0.2) is 9.78 Å². The molecule has 0 aliphatic carbocycles. The highest BCUT2D eigenvalue weighted by Crippen LogP contribution is 2.19. The molecule has 42 heavy (non-hydrogen) atoms. The minimum atomic E-state index is -1.30. The van der Waals surface area contributed by atoms with Crippen LogP contribution in [0.5, 0.6) is 0 Å². The van der Waals surface area contributed by atoms with Crippen LogP contribution in [0.2, 0.25) is 0 Å². The molecule has 4 unspecified atom stereocenters. The average molecular weight is 584 g/mol. The molecule has 4 amide bonds. The molecule has 15 nitrogen and oxygen atoms in total. The number of nitrogens with two attached hydrogens (primary N) is 3. The second-order valence-electron chi connectivity index (χ2n) is 9.93. The largest absolute Gasteiger partial charge is 0.480 e. The number of primary amides is 1. The average Bonchev–Trinajstić information content (AvgIpc) is 3.61. The third kappa shape index (κ3) is 9.14. The van der Waals surface area contributed by atoms with Gasteiger partial charge in [0.05, 0.1) is 18.8 Å². The number of carboxylic acid groups (broad SMARTS) is 1. The number of aliphatic carboxylic acids is 1. The van der Waals surface area contributed by atoms with Gasteiger partial charge in [-0.15, -0.1) is 0 Å². The van der Waals surface area contributed by atoms with Crippen molar-refractivity contribution in [2.75, 3.05) is 6.54 Å². The number of nitrogens with one attached hydrogen (secondary N) is 5. The van der Waals surface area contributed by atoms with Gasteiger partial charge in [0.2, 0.25) is 23.6 Å². The summed E-state index contributed by atoms with van der Waals surface area (Å²) in [5, 5.41) is 18.1. The van der Waals surface area contributed by atoms with Crippen LogP contribution in [0.3, 0.4) is 0 Å². The van der Waals surface area contributed by atoms with Crippen molar-refractivity contribution in [3.05, 3.63) is 54.2 Å². The van der Waals surface area contributed by atoms with Crippen molar-refractivity contribution < 1.29 is 29.1 Å². The Bertz CT molecular complexity index is 1370. The van der Waals surface area contributed by atoms with Gasteiger partial charge in [0, 0.05) is 41.8 Å². The Morgan fingerprint density at radius 2 is 1.57 bits per heavy atom. The fourth-order valence-electron chi connectivity index (χ4n) is 4.44. The lowest BCUT2D eigenvalue weighted by molar-refractivity contribution is -0.142. The van der Waals surface area contributed by atoms with E-state index in [1.165, 1.54) is 12.5 Å². The highest BCUT2D eigenvalue weighted by molar-refractivity contribution is 5.95. The predicted molar refractivity (Wildman–Crippen MR) is 152 cm³/mol. The Morgan fingerprint density at radius 3 is 2.21 bits per heavy atom. The lowest BCUT2D eigenvalue weighted by Crippen LogP contribution is -2.58. The van der Waals surface area contributed by atoms with Crippen molar-refractivity contribution >= 4 is 40.5 Å². The monoisotopic (exact) mass is 583 g/mol. The molecule has 0 fully saturated rings. The molecular formula is C27H37N9O6. The summed E-state index contributed by atoms with van der Waals surface area (Å²) < 4.78 is 0. The molecule has 2 heterocycles. The highest BCUT2D eigenvalue weighted by Gasteiger charge is 2.31. The molecule has 0 aliphatic heterocycles. The summed E-state index contributed by atoms with van der Waals surface area (Å²) in [5.74, 6) is -4.25. The second kappa shape index (κ2) is 15.3. The minimum absolute atomic E-state index is 0.0140. The standard InChI is InChI=1S/C27H37N9O6/c28-8-4-3-7-20(27(41)42)34-26(40)22(10-16-13-31-14-33-16)36-25(39)21(35-24(38)18(29)11-23(30)37)9-15-12-32-19-6-2-1-5-17(15)19/h1-2,5-6,12-14,18,20-22,32H,3-4,7-11,28-29H2,(H2,30,37)(H,31,33)(H,34,40)(H,35,38)(H,36,39)(H,41,42). The first-order valence-corrected chi connectivity index (χ1v) is 13.5. The van der Waals surface area contributed by atoms with Crippen LogP contribution < -0.4 is 33.2 Å². The third-order valence-electron chi connectivity index (χ3n) is 6.66. The van der Waals surface area contributed by atoms with Gasteiger partial charge in [0.1, 0.15) is 18.1 Å². The number of benzene rings is 1. The number of aromatic nitrogens is 3. The van der Waals surface area contributed by atoms with Crippen LogP contribution in [0.4, 0.5) is 0 Å². The van der Waals surface area contributed by atoms with Gasteiger partial charge < -0.3 is 48.2 Å². The number of carbonyl (C=O) groups is 5. The van der Waals surface area contributed by atoms with E-state index in [2.05, 4.69) is 30.9 Å². The molecule has 1 aromatic carbocycles. The molecule has 2 aromatic heterocycles. The summed E-state index contributed by atoms with van der Waals surface area (Å²) in [4.78, 5) is 72.8. The smallest absolute Gasteiger partial charge is 0.326 e. The molecule has 4 atom stereocenters. The number of amides is 4. The number of para-hydroxylation sites is 1. The SMILES string of the molecule is NCCCCC(NC(=O)C(Cc1cnc[nH]1)NC(=O)C(Cc1c[nH]c2ccccc12)NC(=O)C(N)CC(N)=O)C(=O)O. The number of aromatic amines is 2. The fraction of sp³-hybridized carbons (Fsp3) is 0.407. The zero-order chi connectivity index (χ0) is 30.6. The number of hydrogen-bond acceptors (Lipinski definition) is 8. The number of hydrogen-bond donors (Lipinski definition) is 9. The summed E-state index contributed by atoms with van der Waals surface area (Å²) in [6.45, 7) is 0.380. The van der Waals surface area contributed by atoms with E-state index in [0.29, 0.717) is 30.6 Å². The highest BCUT2D eigenvalue weighted by atomic mass is 16.4. The first kappa shape index (κ1) is 31.8. The molecule has 0 aliphatic rings. The van der Waals surface area contributed by atoms with E-state index in [4.69, 9.17) is 17.2 Å². The van der Waals surface area contributed by atoms with Gasteiger partial charge in [-0.05, 0) is 37.4 Å². The molecule has 15 heteroatoms. The number of nitrogens with zero attached hydrogens (tertiary/aromatic N) is 1. The second-order valence-corrected chi connectivity index (χ2v) is 9.93. The number of fused-ring (bicyclic) bond motifs is 1. The quantitative estimate of drug-likeness (QED) is 0.0840. The Morgan fingerprint density at radius 1 is 0.905 bits per heavy atom. The number of carboxylic acids is 1. The van der Waals surface area contributed by atoms with Crippen LogP contribution >= 0.6 is 0 Å². The van der Waals surface area contributed by atoms with Crippen LogP contribution in [-0.2, 0) is 36.8 Å². The van der Waals surface area contributed by atoms with Crippen LogP contribution in [0.1, 0.15) is 36.9 Å². The number of imidazole rings is 1. The Labute approximate surface area is 241 Å². The maximum absolute atomic E-state index is 13.7. The van der Waals surface area contributed by atoms with Crippen LogP contribution in [0.15, 0.2) is 43.0 Å². The van der Waals surface area contributed by atoms with Crippen molar-refractivity contribution in [1.29, 1.82) is 0 Å². The van der Waals surface area contributed by atoms with Crippen LogP contribution in [0, 0.1) is 0 Å². The maximum Gasteiger partial charge on any atom is 0.326 e. The zero-order valence-corrected chi connectivity index (χ0v) is 23.0. The number of H-pyrrole nitrogens is 2. The third-order valence-corrected chi connectivity index (χ3v) is 6.66.